The summed E-state index contributed by atoms with van der Waals surface area (Å²) in [6.07, 6.45) is 0.542. The molecule has 1 aliphatic rings. The van der Waals surface area contributed by atoms with Gasteiger partial charge in [0.1, 0.15) is 11.4 Å². The number of aromatic nitrogens is 4. The molecular weight excluding hydrogens is 535 g/mol. The third kappa shape index (κ3) is 5.51. The molecule has 0 saturated carbocycles. The number of fused-ring (bicyclic) bond motifs is 1. The highest BCUT2D eigenvalue weighted by molar-refractivity contribution is 6.36. The van der Waals surface area contributed by atoms with Crippen LogP contribution in [0.3, 0.4) is 0 Å². The Morgan fingerprint density at radius 2 is 1.81 bits per heavy atom. The maximum atomic E-state index is 12.9. The van der Waals surface area contributed by atoms with Crippen LogP contribution in [-0.4, -0.2) is 31.7 Å². The number of anilines is 1. The Bertz CT molecular complexity index is 1490. The average molecular weight is 558 g/mol. The number of carbonyl (C=O) groups is 1. The number of halogens is 3. The van der Waals surface area contributed by atoms with E-state index in [2.05, 4.69) is 20.5 Å². The number of amides is 1. The normalized spacial score (nSPS) is 16.1. The highest BCUT2D eigenvalue weighted by atomic mass is 35.5. The molecule has 1 amide bonds. The molecule has 8 nitrogen and oxygen atoms in total. The van der Waals surface area contributed by atoms with Crippen LogP contribution < -0.4 is 15.8 Å². The molecule has 1 aliphatic heterocycles. The topological polar surface area (TPSA) is 119 Å². The van der Waals surface area contributed by atoms with Crippen LogP contribution in [0.1, 0.15) is 37.7 Å². The van der Waals surface area contributed by atoms with Gasteiger partial charge < -0.3 is 15.8 Å². The van der Waals surface area contributed by atoms with E-state index in [1.165, 1.54) is 0 Å². The fraction of sp³-hybridized carbons (Fsp3) is 0.231. The summed E-state index contributed by atoms with van der Waals surface area (Å²) >= 11 is 18.9. The van der Waals surface area contributed by atoms with Gasteiger partial charge in [-0.25, -0.2) is 4.98 Å². The number of rotatable bonds is 5. The van der Waals surface area contributed by atoms with Crippen LogP contribution in [0.15, 0.2) is 48.5 Å². The third-order valence-electron chi connectivity index (χ3n) is 6.01. The molecule has 3 heterocycles. The van der Waals surface area contributed by atoms with Crippen LogP contribution in [0.5, 0.6) is 5.88 Å². The van der Waals surface area contributed by atoms with Crippen LogP contribution in [0, 0.1) is 0 Å². The van der Waals surface area contributed by atoms with E-state index in [4.69, 9.17) is 50.3 Å². The molecule has 37 heavy (non-hydrogen) atoms. The van der Waals surface area contributed by atoms with Crippen molar-refractivity contribution >= 4 is 46.7 Å². The molecule has 0 aliphatic carbocycles. The van der Waals surface area contributed by atoms with Gasteiger partial charge in [0.05, 0.1) is 23.2 Å². The van der Waals surface area contributed by atoms with Crippen molar-refractivity contribution in [3.63, 3.8) is 0 Å². The van der Waals surface area contributed by atoms with Crippen molar-refractivity contribution in [2.24, 2.45) is 0 Å². The molecule has 0 unspecified atom stereocenters. The molecule has 5 rings (SSSR count). The van der Waals surface area contributed by atoms with E-state index in [9.17, 15) is 4.79 Å². The van der Waals surface area contributed by atoms with Gasteiger partial charge in [0.2, 0.25) is 17.7 Å². The van der Waals surface area contributed by atoms with Crippen LogP contribution in [0.4, 0.5) is 5.95 Å². The van der Waals surface area contributed by atoms with Gasteiger partial charge in [0.15, 0.2) is 0 Å². The minimum atomic E-state index is -0.586. The molecule has 2 aromatic heterocycles. The lowest BCUT2D eigenvalue weighted by Gasteiger charge is -2.37. The van der Waals surface area contributed by atoms with Crippen molar-refractivity contribution in [3.05, 3.63) is 75.0 Å². The van der Waals surface area contributed by atoms with Gasteiger partial charge in [-0.1, -0.05) is 46.9 Å². The molecule has 0 radical (unpaired) electrons. The van der Waals surface area contributed by atoms with Crippen LogP contribution in [0.25, 0.3) is 22.4 Å². The lowest BCUT2D eigenvalue weighted by Crippen LogP contribution is -2.42. The van der Waals surface area contributed by atoms with Gasteiger partial charge in [-0.3, -0.25) is 9.89 Å². The number of hydrogen-bond acceptors (Lipinski definition) is 6. The summed E-state index contributed by atoms with van der Waals surface area (Å²) in [5.41, 5.74) is 8.76. The molecule has 0 fully saturated rings. The van der Waals surface area contributed by atoms with E-state index < -0.39 is 5.60 Å². The van der Waals surface area contributed by atoms with Crippen molar-refractivity contribution < 1.29 is 9.53 Å². The summed E-state index contributed by atoms with van der Waals surface area (Å²) in [6.45, 7) is 3.91. The first kappa shape index (κ1) is 25.3. The van der Waals surface area contributed by atoms with E-state index in [-0.39, 0.29) is 24.3 Å². The Labute approximate surface area is 228 Å². The van der Waals surface area contributed by atoms with Crippen molar-refractivity contribution in [2.45, 2.75) is 38.3 Å². The highest BCUT2D eigenvalue weighted by Crippen LogP contribution is 2.44. The van der Waals surface area contributed by atoms with Crippen LogP contribution in [0.2, 0.25) is 15.1 Å². The number of nitrogens with two attached hydrogens (primary N) is 1. The van der Waals surface area contributed by atoms with Gasteiger partial charge in [-0.15, -0.1) is 5.10 Å². The number of nitrogens with one attached hydrogen (secondary N) is 2. The Kier molecular flexibility index (Phi) is 6.74. The largest absolute Gasteiger partial charge is 0.471 e. The second-order valence-electron chi connectivity index (χ2n) is 9.41. The molecule has 1 atom stereocenters. The van der Waals surface area contributed by atoms with Crippen molar-refractivity contribution in [1.29, 1.82) is 0 Å². The standard InChI is InChI=1S/C26H23Cl3N6O2/c1-26(2)12-20(31-22(36)11-21-32-25(30)35-34-21)18-10-17(13-3-5-14(27)6-4-13)23(33-24(18)37-26)16-8-7-15(28)9-19(16)29/h3-10,20H,11-12H2,1-2H3,(H,31,36)(H3,30,32,34,35)/t20-/m1/s1. The first-order chi connectivity index (χ1) is 17.6. The Hall–Kier alpha value is -3.33. The number of H-pyrrole nitrogens is 1. The fourth-order valence-corrected chi connectivity index (χ4v) is 5.02. The van der Waals surface area contributed by atoms with E-state index in [0.717, 1.165) is 16.7 Å². The number of nitrogen functional groups attached to an aromatic ring is 1. The van der Waals surface area contributed by atoms with Crippen LogP contribution in [-0.2, 0) is 11.2 Å². The van der Waals surface area contributed by atoms with Crippen molar-refractivity contribution in [3.8, 4) is 28.3 Å². The van der Waals surface area contributed by atoms with Gasteiger partial charge >= 0.3 is 0 Å². The molecular formula is C26H23Cl3N6O2. The zero-order chi connectivity index (χ0) is 26.3. The molecule has 11 heteroatoms. The van der Waals surface area contributed by atoms with E-state index in [1.807, 2.05) is 50.2 Å². The number of carbonyl (C=O) groups excluding carboxylic acids is 1. The summed E-state index contributed by atoms with van der Waals surface area (Å²) < 4.78 is 6.29. The third-order valence-corrected chi connectivity index (χ3v) is 6.81. The fourth-order valence-electron chi connectivity index (χ4n) is 4.40. The summed E-state index contributed by atoms with van der Waals surface area (Å²) in [4.78, 5) is 21.9. The SMILES string of the molecule is CC1(C)C[C@@H](NC(=O)Cc2nc(N)n[nH]2)c2cc(-c3ccc(Cl)cc3)c(-c3ccc(Cl)cc3Cl)nc2O1. The average Bonchev–Trinajstić information content (AvgIpc) is 3.22. The lowest BCUT2D eigenvalue weighted by atomic mass is 9.88. The van der Waals surface area contributed by atoms with E-state index in [0.29, 0.717) is 44.5 Å². The Balaban J connectivity index is 1.61. The summed E-state index contributed by atoms with van der Waals surface area (Å²) in [5, 5.41) is 11.1. The number of nitrogens with zero attached hydrogens (tertiary/aromatic N) is 3. The summed E-state index contributed by atoms with van der Waals surface area (Å²) in [5.74, 6) is 0.659. The molecule has 4 N–H and O–H groups in total. The van der Waals surface area contributed by atoms with Crippen molar-refractivity contribution in [1.82, 2.24) is 25.5 Å². The van der Waals surface area contributed by atoms with Crippen LogP contribution >= 0.6 is 34.8 Å². The molecule has 190 valence electrons. The summed E-state index contributed by atoms with van der Waals surface area (Å²) in [7, 11) is 0. The minimum Gasteiger partial charge on any atom is -0.471 e. The summed E-state index contributed by atoms with van der Waals surface area (Å²) in [6, 6.07) is 14.3. The number of benzene rings is 2. The maximum absolute atomic E-state index is 12.9. The quantitative estimate of drug-likeness (QED) is 0.275. The first-order valence-electron chi connectivity index (χ1n) is 11.5. The highest BCUT2D eigenvalue weighted by Gasteiger charge is 2.37. The molecule has 0 spiro atoms. The van der Waals surface area contributed by atoms with E-state index in [1.54, 1.807) is 12.1 Å². The number of aromatic amines is 1. The van der Waals surface area contributed by atoms with Gasteiger partial charge in [0.25, 0.3) is 0 Å². The second kappa shape index (κ2) is 9.85. The molecule has 4 aromatic rings. The first-order valence-corrected chi connectivity index (χ1v) is 12.6. The Morgan fingerprint density at radius 1 is 1.08 bits per heavy atom. The van der Waals surface area contributed by atoms with Gasteiger partial charge in [-0.2, -0.15) is 4.98 Å². The van der Waals surface area contributed by atoms with Gasteiger partial charge in [0, 0.05) is 33.2 Å². The number of ether oxygens (including phenoxy) is 1. The smallest absolute Gasteiger partial charge is 0.239 e. The predicted octanol–water partition coefficient (Wildman–Crippen LogP) is 6.04. The zero-order valence-corrected chi connectivity index (χ0v) is 22.2. The second-order valence-corrected chi connectivity index (χ2v) is 10.7. The monoisotopic (exact) mass is 556 g/mol. The molecule has 0 saturated heterocycles. The zero-order valence-electron chi connectivity index (χ0n) is 20.0. The van der Waals surface area contributed by atoms with E-state index >= 15 is 0 Å². The Morgan fingerprint density at radius 3 is 2.49 bits per heavy atom. The minimum absolute atomic E-state index is 0.00720. The lowest BCUT2D eigenvalue weighted by molar-refractivity contribution is -0.121. The molecule has 0 bridgehead atoms. The van der Waals surface area contributed by atoms with Gasteiger partial charge in [-0.05, 0) is 55.8 Å². The molecule has 2 aromatic carbocycles. The predicted molar refractivity (Wildman–Crippen MR) is 145 cm³/mol. The van der Waals surface area contributed by atoms with Crippen molar-refractivity contribution in [2.75, 3.05) is 5.73 Å². The number of hydrogen-bond donors (Lipinski definition) is 3. The number of pyridine rings is 1. The maximum Gasteiger partial charge on any atom is 0.239 e.